The molecule has 10 nitrogen and oxygen atoms in total. The topological polar surface area (TPSA) is 121 Å². The van der Waals surface area contributed by atoms with Gasteiger partial charge in [-0.2, -0.15) is 10.6 Å². The first-order chi connectivity index (χ1) is 17.5. The number of likely N-dealkylation sites (tertiary alicyclic amines) is 1. The zero-order chi connectivity index (χ0) is 25.8. The maximum absolute atomic E-state index is 13.7. The summed E-state index contributed by atoms with van der Waals surface area (Å²) in [4.78, 5) is 30.4. The first-order valence-corrected chi connectivity index (χ1v) is 13.9. The van der Waals surface area contributed by atoms with Gasteiger partial charge in [0.1, 0.15) is 11.6 Å². The van der Waals surface area contributed by atoms with Crippen molar-refractivity contribution in [2.24, 2.45) is 5.92 Å². The van der Waals surface area contributed by atoms with Gasteiger partial charge < -0.3 is 19.7 Å². The highest BCUT2D eigenvalue weighted by Crippen LogP contribution is 2.29. The second-order valence-corrected chi connectivity index (χ2v) is 10.3. The van der Waals surface area contributed by atoms with E-state index in [-0.39, 0.29) is 12.5 Å². The summed E-state index contributed by atoms with van der Waals surface area (Å²) in [5, 5.41) is 20.9. The fraction of sp³-hybridized carbons (Fsp3) is 0.885. The molecule has 2 atom stereocenters. The van der Waals surface area contributed by atoms with Crippen molar-refractivity contribution >= 4 is 12.0 Å². The molecule has 2 saturated heterocycles. The maximum atomic E-state index is 13.7. The number of hydrogen-bond acceptors (Lipinski definition) is 7. The van der Waals surface area contributed by atoms with Crippen LogP contribution in [0.3, 0.4) is 0 Å². The third kappa shape index (κ3) is 8.58. The highest BCUT2D eigenvalue weighted by Gasteiger charge is 2.39. The molecule has 203 valence electrons. The fourth-order valence-corrected chi connectivity index (χ4v) is 5.53. The minimum Gasteiger partial charge on any atom is -0.450 e. The van der Waals surface area contributed by atoms with Crippen molar-refractivity contribution in [3.05, 3.63) is 0 Å². The van der Waals surface area contributed by atoms with E-state index in [1.807, 2.05) is 4.90 Å². The number of amides is 2. The number of piperidine rings is 1. The van der Waals surface area contributed by atoms with Gasteiger partial charge in [0.05, 0.1) is 25.9 Å². The monoisotopic (exact) mass is 505 g/mol. The van der Waals surface area contributed by atoms with Gasteiger partial charge in [0, 0.05) is 26.2 Å². The number of rotatable bonds is 11. The van der Waals surface area contributed by atoms with Crippen LogP contribution in [0, 0.1) is 17.2 Å². The number of nitriles is 1. The molecule has 1 aliphatic carbocycles. The Morgan fingerprint density at radius 3 is 2.44 bits per heavy atom. The lowest BCUT2D eigenvalue weighted by molar-refractivity contribution is -0.126. The van der Waals surface area contributed by atoms with E-state index in [4.69, 9.17) is 14.8 Å². The number of carbonyl (C=O) groups excluding carboxylic acids is 2. The van der Waals surface area contributed by atoms with Crippen molar-refractivity contribution in [2.75, 3.05) is 52.5 Å². The van der Waals surface area contributed by atoms with Gasteiger partial charge in [0.15, 0.2) is 6.29 Å². The first kappa shape index (κ1) is 28.6. The highest BCUT2D eigenvalue weighted by molar-refractivity contribution is 5.83. The second kappa shape index (κ2) is 14.7. The summed E-state index contributed by atoms with van der Waals surface area (Å²) in [6.07, 6.45) is 7.43. The standard InChI is InChI=1S/C26H45N6O4/c1-3-12-31-13-10-26(20-27,11-14-31)30-23(33)22(19-21-8-6-5-7-9-21)28-24(29-25(34)36-4-2)32-15-17-35-18-16-32/h21-22,24H,3-19H2,1-2H3,(H,29,34)(H,30,33). The van der Waals surface area contributed by atoms with Crippen LogP contribution in [0.15, 0.2) is 0 Å². The fourth-order valence-electron chi connectivity index (χ4n) is 5.53. The van der Waals surface area contributed by atoms with E-state index in [2.05, 4.69) is 28.5 Å². The van der Waals surface area contributed by atoms with E-state index >= 15 is 0 Å². The molecule has 36 heavy (non-hydrogen) atoms. The van der Waals surface area contributed by atoms with Crippen molar-refractivity contribution < 1.29 is 19.1 Å². The van der Waals surface area contributed by atoms with Crippen molar-refractivity contribution in [1.29, 1.82) is 5.26 Å². The van der Waals surface area contributed by atoms with Gasteiger partial charge in [-0.15, -0.1) is 0 Å². The van der Waals surface area contributed by atoms with Crippen LogP contribution < -0.4 is 16.0 Å². The van der Waals surface area contributed by atoms with Gasteiger partial charge in [-0.1, -0.05) is 39.0 Å². The molecule has 2 N–H and O–H groups in total. The summed E-state index contributed by atoms with van der Waals surface area (Å²) in [7, 11) is 0. The summed E-state index contributed by atoms with van der Waals surface area (Å²) in [5.74, 6) is 0.200. The molecule has 1 radical (unpaired) electrons. The Balaban J connectivity index is 1.73. The number of morpholine rings is 1. The highest BCUT2D eigenvalue weighted by atomic mass is 16.5. The van der Waals surface area contributed by atoms with E-state index in [9.17, 15) is 14.9 Å². The molecule has 2 aliphatic heterocycles. The zero-order valence-electron chi connectivity index (χ0n) is 22.2. The molecule has 2 unspecified atom stereocenters. The van der Waals surface area contributed by atoms with Gasteiger partial charge in [0.2, 0.25) is 5.91 Å². The summed E-state index contributed by atoms with van der Waals surface area (Å²) in [6.45, 7) is 9.07. The van der Waals surface area contributed by atoms with Crippen LogP contribution in [0.1, 0.15) is 71.6 Å². The third-order valence-electron chi connectivity index (χ3n) is 7.65. The average Bonchev–Trinajstić information content (AvgIpc) is 2.90. The molecule has 3 fully saturated rings. The number of nitrogens with zero attached hydrogens (tertiary/aromatic N) is 4. The maximum Gasteiger partial charge on any atom is 0.409 e. The average molecular weight is 506 g/mol. The van der Waals surface area contributed by atoms with Crippen molar-refractivity contribution in [2.45, 2.75) is 89.5 Å². The van der Waals surface area contributed by atoms with Gasteiger partial charge in [-0.25, -0.2) is 4.79 Å². The van der Waals surface area contributed by atoms with Crippen LogP contribution in [0.5, 0.6) is 0 Å². The lowest BCUT2D eigenvalue weighted by atomic mass is 9.84. The Morgan fingerprint density at radius 1 is 1.14 bits per heavy atom. The molecule has 2 heterocycles. The summed E-state index contributed by atoms with van der Waals surface area (Å²) >= 11 is 0. The Hall–Kier alpha value is -1.93. The molecule has 0 bridgehead atoms. The predicted octanol–water partition coefficient (Wildman–Crippen LogP) is 2.18. The quantitative estimate of drug-likeness (QED) is 0.441. The third-order valence-corrected chi connectivity index (χ3v) is 7.65. The SMILES string of the molecule is CCCN1CCC(C#N)(NC(=O)C(CC2CCCCC2)[N]C(NC(=O)OCC)N2CCOCC2)CC1. The summed E-state index contributed by atoms with van der Waals surface area (Å²) in [6, 6.07) is 1.77. The van der Waals surface area contributed by atoms with E-state index < -0.39 is 24.0 Å². The second-order valence-electron chi connectivity index (χ2n) is 10.3. The molecule has 0 aromatic carbocycles. The van der Waals surface area contributed by atoms with Crippen LogP contribution in [0.2, 0.25) is 0 Å². The van der Waals surface area contributed by atoms with Gasteiger partial charge in [-0.05, 0) is 45.1 Å². The molecule has 0 aromatic rings. The normalized spacial score (nSPS) is 23.2. The predicted molar refractivity (Wildman–Crippen MR) is 136 cm³/mol. The molecular formula is C26H45N6O4. The van der Waals surface area contributed by atoms with E-state index in [1.54, 1.807) is 6.92 Å². The zero-order valence-corrected chi connectivity index (χ0v) is 22.2. The summed E-state index contributed by atoms with van der Waals surface area (Å²) in [5.41, 5.74) is -0.870. The largest absolute Gasteiger partial charge is 0.450 e. The minimum absolute atomic E-state index is 0.213. The molecule has 0 aromatic heterocycles. The summed E-state index contributed by atoms with van der Waals surface area (Å²) < 4.78 is 10.6. The number of alkyl carbamates (subject to hydrolysis) is 1. The van der Waals surface area contributed by atoms with Crippen molar-refractivity contribution in [3.8, 4) is 6.07 Å². The molecule has 1 saturated carbocycles. The molecule has 3 rings (SSSR count). The van der Waals surface area contributed by atoms with Crippen LogP contribution in [-0.2, 0) is 14.3 Å². The van der Waals surface area contributed by atoms with Crippen LogP contribution >= 0.6 is 0 Å². The molecule has 3 aliphatic rings. The van der Waals surface area contributed by atoms with E-state index in [1.165, 1.54) is 19.3 Å². The Labute approximate surface area is 216 Å². The number of ether oxygens (including phenoxy) is 2. The van der Waals surface area contributed by atoms with Gasteiger partial charge >= 0.3 is 6.09 Å². The molecule has 10 heteroatoms. The van der Waals surface area contributed by atoms with Crippen molar-refractivity contribution in [1.82, 2.24) is 25.8 Å². The van der Waals surface area contributed by atoms with Crippen molar-refractivity contribution in [3.63, 3.8) is 0 Å². The minimum atomic E-state index is -0.870. The number of carbonyl (C=O) groups is 2. The molecular weight excluding hydrogens is 460 g/mol. The lowest BCUT2D eigenvalue weighted by Crippen LogP contribution is -2.63. The smallest absolute Gasteiger partial charge is 0.409 e. The van der Waals surface area contributed by atoms with Crippen LogP contribution in [0.4, 0.5) is 4.79 Å². The number of nitrogens with one attached hydrogen (secondary N) is 2. The van der Waals surface area contributed by atoms with Gasteiger partial charge in [-0.3, -0.25) is 15.0 Å². The van der Waals surface area contributed by atoms with Crippen LogP contribution in [-0.4, -0.2) is 92.2 Å². The number of hydrogen-bond donors (Lipinski definition) is 2. The Kier molecular flexibility index (Phi) is 11.7. The lowest BCUT2D eigenvalue weighted by Gasteiger charge is -2.40. The Bertz CT molecular complexity index is 724. The van der Waals surface area contributed by atoms with Crippen LogP contribution in [0.25, 0.3) is 0 Å². The van der Waals surface area contributed by atoms with E-state index in [0.29, 0.717) is 51.5 Å². The molecule has 2 amide bonds. The Morgan fingerprint density at radius 2 is 1.83 bits per heavy atom. The first-order valence-electron chi connectivity index (χ1n) is 13.9. The van der Waals surface area contributed by atoms with E-state index in [0.717, 1.165) is 38.9 Å². The van der Waals surface area contributed by atoms with Gasteiger partial charge in [0.25, 0.3) is 0 Å². The molecule has 0 spiro atoms.